The monoisotopic (exact) mass is 447 g/mol. The Hall–Kier alpha value is -2.59. The van der Waals surface area contributed by atoms with Gasteiger partial charge in [0.2, 0.25) is 5.91 Å². The largest absolute Gasteiger partial charge is 0.417 e. The maximum Gasteiger partial charge on any atom is 0.417 e. The van der Waals surface area contributed by atoms with Crippen molar-refractivity contribution < 1.29 is 18.0 Å². The maximum absolute atomic E-state index is 13.3. The van der Waals surface area contributed by atoms with Gasteiger partial charge < -0.3 is 5.32 Å². The molecule has 0 unspecified atom stereocenters. The number of rotatable bonds is 5. The van der Waals surface area contributed by atoms with Gasteiger partial charge in [-0.15, -0.1) is 0 Å². The van der Waals surface area contributed by atoms with Gasteiger partial charge in [-0.1, -0.05) is 23.2 Å². The molecule has 0 aliphatic carbocycles. The van der Waals surface area contributed by atoms with Crippen molar-refractivity contribution in [2.75, 3.05) is 5.32 Å². The van der Waals surface area contributed by atoms with E-state index in [9.17, 15) is 22.8 Å². The zero-order valence-corrected chi connectivity index (χ0v) is 16.4. The van der Waals surface area contributed by atoms with Gasteiger partial charge >= 0.3 is 6.18 Å². The first-order valence-electron chi connectivity index (χ1n) is 8.39. The quantitative estimate of drug-likeness (QED) is 0.641. The SMILES string of the molecule is CCn1cc2c(C(F)(F)F)cc(=O)n(CCC(=O)Nc3ncc(Cl)cc3Cl)c2n1. The molecule has 0 saturated carbocycles. The van der Waals surface area contributed by atoms with Crippen molar-refractivity contribution in [3.63, 3.8) is 0 Å². The molecular formula is C17H14Cl2F3N5O2. The first kappa shape index (κ1) is 21.1. The van der Waals surface area contributed by atoms with Gasteiger partial charge in [0.05, 0.1) is 15.6 Å². The van der Waals surface area contributed by atoms with Crippen LogP contribution in [0.5, 0.6) is 0 Å². The summed E-state index contributed by atoms with van der Waals surface area (Å²) in [6.45, 7) is 1.85. The number of hydrogen-bond donors (Lipinski definition) is 1. The molecular weight excluding hydrogens is 434 g/mol. The van der Waals surface area contributed by atoms with Crippen LogP contribution >= 0.6 is 23.2 Å². The van der Waals surface area contributed by atoms with Gasteiger partial charge in [0, 0.05) is 43.4 Å². The Morgan fingerprint density at radius 2 is 2.00 bits per heavy atom. The van der Waals surface area contributed by atoms with Crippen LogP contribution in [0.25, 0.3) is 11.0 Å². The van der Waals surface area contributed by atoms with Gasteiger partial charge in [0.1, 0.15) is 0 Å². The normalized spacial score (nSPS) is 11.8. The summed E-state index contributed by atoms with van der Waals surface area (Å²) in [7, 11) is 0. The molecule has 0 bridgehead atoms. The van der Waals surface area contributed by atoms with E-state index in [1.54, 1.807) is 6.92 Å². The lowest BCUT2D eigenvalue weighted by molar-refractivity contribution is -0.136. The number of halogens is 5. The van der Waals surface area contributed by atoms with Crippen molar-refractivity contribution in [1.82, 2.24) is 19.3 Å². The highest BCUT2D eigenvalue weighted by atomic mass is 35.5. The van der Waals surface area contributed by atoms with Gasteiger partial charge in [-0.2, -0.15) is 18.3 Å². The Bertz CT molecular complexity index is 1140. The standard InChI is InChI=1S/C17H14Cl2F3N5O2/c1-2-26-8-10-11(17(20,21)22)6-14(29)27(16(10)25-26)4-3-13(28)24-15-12(19)5-9(18)7-23-15/h5-8H,2-4H2,1H3,(H,23,24,28). The van der Waals surface area contributed by atoms with Crippen LogP contribution in [0.1, 0.15) is 18.9 Å². The summed E-state index contributed by atoms with van der Waals surface area (Å²) in [6, 6.07) is 1.91. The number of nitrogens with one attached hydrogen (secondary N) is 1. The number of hydrogen-bond acceptors (Lipinski definition) is 4. The molecule has 0 aliphatic heterocycles. The summed E-state index contributed by atoms with van der Waals surface area (Å²) in [4.78, 5) is 28.4. The molecule has 0 atom stereocenters. The van der Waals surface area contributed by atoms with Gasteiger partial charge in [-0.3, -0.25) is 18.8 Å². The molecule has 0 saturated heterocycles. The molecule has 7 nitrogen and oxygen atoms in total. The Morgan fingerprint density at radius 3 is 2.62 bits per heavy atom. The molecule has 3 heterocycles. The molecule has 0 aromatic carbocycles. The minimum atomic E-state index is -4.70. The van der Waals surface area contributed by atoms with Crippen molar-refractivity contribution >= 4 is 46.0 Å². The predicted octanol–water partition coefficient (Wildman–Crippen LogP) is 3.97. The fraction of sp³-hybridized carbons (Fsp3) is 0.294. The lowest BCUT2D eigenvalue weighted by Crippen LogP contribution is -2.25. The van der Waals surface area contributed by atoms with Crippen LogP contribution in [-0.4, -0.2) is 25.2 Å². The third kappa shape index (κ3) is 4.54. The Morgan fingerprint density at radius 1 is 1.28 bits per heavy atom. The van der Waals surface area contributed by atoms with Crippen molar-refractivity contribution in [3.8, 4) is 0 Å². The van der Waals surface area contributed by atoms with E-state index < -0.39 is 23.2 Å². The van der Waals surface area contributed by atoms with Crippen molar-refractivity contribution in [3.05, 3.63) is 50.5 Å². The zero-order valence-electron chi connectivity index (χ0n) is 14.9. The fourth-order valence-electron chi connectivity index (χ4n) is 2.71. The predicted molar refractivity (Wildman–Crippen MR) is 102 cm³/mol. The summed E-state index contributed by atoms with van der Waals surface area (Å²) < 4.78 is 42.2. The molecule has 154 valence electrons. The number of pyridine rings is 2. The summed E-state index contributed by atoms with van der Waals surface area (Å²) in [5.41, 5.74) is -2.10. The lowest BCUT2D eigenvalue weighted by Gasteiger charge is -2.12. The number of alkyl halides is 3. The minimum absolute atomic E-state index is 0.0845. The summed E-state index contributed by atoms with van der Waals surface area (Å²) in [5.74, 6) is -0.446. The first-order chi connectivity index (χ1) is 13.6. The molecule has 0 radical (unpaired) electrons. The van der Waals surface area contributed by atoms with E-state index in [-0.39, 0.29) is 34.8 Å². The molecule has 29 heavy (non-hydrogen) atoms. The van der Waals surface area contributed by atoms with E-state index in [0.29, 0.717) is 17.6 Å². The number of fused-ring (bicyclic) bond motifs is 1. The average Bonchev–Trinajstić information content (AvgIpc) is 3.06. The molecule has 0 aliphatic rings. The topological polar surface area (TPSA) is 81.8 Å². The molecule has 3 aromatic heterocycles. The van der Waals surface area contributed by atoms with Crippen LogP contribution in [0.2, 0.25) is 10.0 Å². The lowest BCUT2D eigenvalue weighted by atomic mass is 10.2. The number of aryl methyl sites for hydroxylation is 2. The zero-order chi connectivity index (χ0) is 21.3. The third-order valence-electron chi connectivity index (χ3n) is 4.08. The maximum atomic E-state index is 13.3. The second-order valence-corrected chi connectivity index (χ2v) is 6.89. The molecule has 1 amide bonds. The number of aromatic nitrogens is 4. The number of amides is 1. The van der Waals surface area contributed by atoms with E-state index >= 15 is 0 Å². The third-order valence-corrected chi connectivity index (χ3v) is 4.57. The van der Waals surface area contributed by atoms with Crippen LogP contribution in [0, 0.1) is 0 Å². The van der Waals surface area contributed by atoms with Crippen molar-refractivity contribution in [2.45, 2.75) is 32.6 Å². The van der Waals surface area contributed by atoms with Crippen molar-refractivity contribution in [1.29, 1.82) is 0 Å². The van der Waals surface area contributed by atoms with Crippen LogP contribution in [0.15, 0.2) is 29.3 Å². The van der Waals surface area contributed by atoms with Gasteiger partial charge in [-0.05, 0) is 13.0 Å². The van der Waals surface area contributed by atoms with Gasteiger partial charge in [0.25, 0.3) is 5.56 Å². The van der Waals surface area contributed by atoms with E-state index in [4.69, 9.17) is 23.2 Å². The minimum Gasteiger partial charge on any atom is -0.309 e. The second-order valence-electron chi connectivity index (χ2n) is 6.05. The highest BCUT2D eigenvalue weighted by molar-refractivity contribution is 6.36. The molecule has 12 heteroatoms. The molecule has 3 aromatic rings. The van der Waals surface area contributed by atoms with Gasteiger partial charge in [-0.25, -0.2) is 4.98 Å². The summed E-state index contributed by atoms with van der Waals surface area (Å²) in [6.07, 6.45) is -2.39. The summed E-state index contributed by atoms with van der Waals surface area (Å²) >= 11 is 11.7. The smallest absolute Gasteiger partial charge is 0.309 e. The summed E-state index contributed by atoms with van der Waals surface area (Å²) in [5, 5.41) is 6.73. The van der Waals surface area contributed by atoms with Crippen LogP contribution in [-0.2, 0) is 24.1 Å². The van der Waals surface area contributed by atoms with Crippen LogP contribution in [0.4, 0.5) is 19.0 Å². The Labute approximate surface area is 172 Å². The van der Waals surface area contributed by atoms with E-state index in [1.165, 1.54) is 23.1 Å². The molecule has 1 N–H and O–H groups in total. The first-order valence-corrected chi connectivity index (χ1v) is 9.15. The van der Waals surface area contributed by atoms with Crippen molar-refractivity contribution in [2.24, 2.45) is 0 Å². The Kier molecular flexibility index (Phi) is 5.85. The molecule has 0 spiro atoms. The number of anilines is 1. The van der Waals surface area contributed by atoms with Crippen LogP contribution < -0.4 is 10.9 Å². The highest BCUT2D eigenvalue weighted by Crippen LogP contribution is 2.33. The number of carbonyl (C=O) groups is 1. The van der Waals surface area contributed by atoms with Crippen LogP contribution in [0.3, 0.4) is 0 Å². The average molecular weight is 448 g/mol. The van der Waals surface area contributed by atoms with Gasteiger partial charge in [0.15, 0.2) is 11.5 Å². The van der Waals surface area contributed by atoms with E-state index in [1.807, 2.05) is 0 Å². The fourth-order valence-corrected chi connectivity index (χ4v) is 3.14. The molecule has 0 fully saturated rings. The number of nitrogens with zero attached hydrogens (tertiary/aromatic N) is 4. The van der Waals surface area contributed by atoms with E-state index in [0.717, 1.165) is 4.57 Å². The number of carbonyl (C=O) groups excluding carboxylic acids is 1. The highest BCUT2D eigenvalue weighted by Gasteiger charge is 2.35. The second kappa shape index (κ2) is 8.03. The molecule has 3 rings (SSSR count). The Balaban J connectivity index is 1.88. The van der Waals surface area contributed by atoms with E-state index in [2.05, 4.69) is 15.4 Å².